The summed E-state index contributed by atoms with van der Waals surface area (Å²) in [5.41, 5.74) is 5.27. The van der Waals surface area contributed by atoms with E-state index in [2.05, 4.69) is 20.9 Å². The summed E-state index contributed by atoms with van der Waals surface area (Å²) in [5, 5.41) is 2.50. The molecule has 2 rings (SSSR count). The smallest absolute Gasteiger partial charge is 0.324 e. The Balaban J connectivity index is 2.33. The van der Waals surface area contributed by atoms with Crippen molar-refractivity contribution >= 4 is 27.3 Å². The van der Waals surface area contributed by atoms with Gasteiger partial charge in [-0.1, -0.05) is 22.0 Å². The normalized spacial score (nSPS) is 13.5. The van der Waals surface area contributed by atoms with Crippen molar-refractivity contribution in [3.05, 3.63) is 50.4 Å². The van der Waals surface area contributed by atoms with Gasteiger partial charge in [-0.3, -0.25) is 0 Å². The van der Waals surface area contributed by atoms with Gasteiger partial charge in [-0.2, -0.15) is 13.2 Å². The van der Waals surface area contributed by atoms with Crippen LogP contribution in [-0.2, 0) is 12.6 Å². The van der Waals surface area contributed by atoms with Gasteiger partial charge >= 0.3 is 6.18 Å². The molecule has 102 valence electrons. The fraction of sp³-hybridized carbons (Fsp3) is 0.250. The van der Waals surface area contributed by atoms with Gasteiger partial charge < -0.3 is 5.73 Å². The number of halogens is 4. The van der Waals surface area contributed by atoms with E-state index in [0.717, 1.165) is 11.1 Å². The van der Waals surface area contributed by atoms with Gasteiger partial charge in [-0.15, -0.1) is 11.3 Å². The van der Waals surface area contributed by atoms with Crippen molar-refractivity contribution in [2.75, 3.05) is 0 Å². The molecule has 0 fully saturated rings. The highest BCUT2D eigenvalue weighted by molar-refractivity contribution is 9.10. The Hall–Kier alpha value is -0.920. The van der Waals surface area contributed by atoms with Crippen LogP contribution in [0.15, 0.2) is 34.2 Å². The van der Waals surface area contributed by atoms with Crippen molar-refractivity contribution in [2.45, 2.75) is 18.6 Å². The predicted octanol–water partition coefficient (Wildman–Crippen LogP) is 4.17. The van der Waals surface area contributed by atoms with E-state index in [-0.39, 0.29) is 5.56 Å². The maximum absolute atomic E-state index is 13.0. The summed E-state index contributed by atoms with van der Waals surface area (Å²) in [6.07, 6.45) is -2.51. The number of nitrogens with two attached hydrogens (primary N) is 1. The van der Waals surface area contributed by atoms with E-state index in [1.165, 1.54) is 17.4 Å². The predicted molar refractivity (Wildman–Crippen MR) is 71.9 cm³/mol. The minimum atomic E-state index is -4.42. The van der Waals surface area contributed by atoms with E-state index in [0.29, 0.717) is 10.9 Å². The highest BCUT2D eigenvalue weighted by Gasteiger charge is 2.34. The van der Waals surface area contributed by atoms with E-state index in [1.807, 2.05) is 0 Å². The van der Waals surface area contributed by atoms with Crippen LogP contribution in [0.4, 0.5) is 13.2 Å². The summed E-state index contributed by atoms with van der Waals surface area (Å²) in [6.45, 7) is 0. The molecule has 0 bridgehead atoms. The van der Waals surface area contributed by atoms with E-state index in [9.17, 15) is 13.2 Å². The lowest BCUT2D eigenvalue weighted by Crippen LogP contribution is -2.19. The highest BCUT2D eigenvalue weighted by Crippen LogP contribution is 2.36. The molecule has 1 unspecified atom stereocenters. The molecular weight excluding hydrogens is 341 g/mol. The van der Waals surface area contributed by atoms with Gasteiger partial charge in [-0.05, 0) is 17.7 Å². The average molecular weight is 351 g/mol. The van der Waals surface area contributed by atoms with Crippen LogP contribution < -0.4 is 5.73 Å². The third-order valence-electron chi connectivity index (χ3n) is 2.60. The van der Waals surface area contributed by atoms with Crippen molar-refractivity contribution in [3.63, 3.8) is 0 Å². The third-order valence-corrected chi connectivity index (χ3v) is 3.89. The van der Waals surface area contributed by atoms with Crippen LogP contribution in [0, 0.1) is 0 Å². The molecule has 19 heavy (non-hydrogen) atoms. The number of hydrogen-bond donors (Lipinski definition) is 1. The van der Waals surface area contributed by atoms with Gasteiger partial charge in [0.25, 0.3) is 0 Å². The van der Waals surface area contributed by atoms with E-state index in [1.54, 1.807) is 17.6 Å². The van der Waals surface area contributed by atoms with Gasteiger partial charge in [0.2, 0.25) is 0 Å². The maximum Gasteiger partial charge on any atom is 0.416 e. The van der Waals surface area contributed by atoms with Gasteiger partial charge in [-0.25, -0.2) is 4.98 Å². The van der Waals surface area contributed by atoms with Crippen LogP contribution in [0.25, 0.3) is 0 Å². The van der Waals surface area contributed by atoms with Crippen molar-refractivity contribution in [1.29, 1.82) is 0 Å². The van der Waals surface area contributed by atoms with Crippen molar-refractivity contribution in [3.8, 4) is 0 Å². The average Bonchev–Trinajstić information content (AvgIpc) is 2.80. The summed E-state index contributed by atoms with van der Waals surface area (Å²) in [7, 11) is 0. The van der Waals surface area contributed by atoms with Crippen molar-refractivity contribution in [1.82, 2.24) is 4.98 Å². The lowest BCUT2D eigenvalue weighted by Gasteiger charge is -2.18. The molecule has 0 radical (unpaired) electrons. The van der Waals surface area contributed by atoms with Crippen LogP contribution in [0.3, 0.4) is 0 Å². The Morgan fingerprint density at radius 3 is 2.68 bits per heavy atom. The van der Waals surface area contributed by atoms with Gasteiger partial charge in [0.1, 0.15) is 0 Å². The molecule has 1 atom stereocenters. The molecule has 2 nitrogen and oxygen atoms in total. The van der Waals surface area contributed by atoms with E-state index < -0.39 is 17.8 Å². The van der Waals surface area contributed by atoms with Crippen LogP contribution in [0.1, 0.15) is 22.2 Å². The molecule has 1 heterocycles. The zero-order valence-electron chi connectivity index (χ0n) is 9.62. The molecule has 0 saturated heterocycles. The number of rotatable bonds is 3. The Labute approximate surface area is 120 Å². The molecule has 0 amide bonds. The minimum Gasteiger partial charge on any atom is -0.324 e. The fourth-order valence-electron chi connectivity index (χ4n) is 1.75. The van der Waals surface area contributed by atoms with Gasteiger partial charge in [0.15, 0.2) is 0 Å². The van der Waals surface area contributed by atoms with Gasteiger partial charge in [0, 0.05) is 28.5 Å². The molecule has 2 N–H and O–H groups in total. The minimum absolute atomic E-state index is 0.0888. The lowest BCUT2D eigenvalue weighted by molar-refractivity contribution is -0.138. The van der Waals surface area contributed by atoms with Crippen LogP contribution in [0.2, 0.25) is 0 Å². The number of nitrogens with zero attached hydrogens (tertiary/aromatic N) is 1. The molecule has 1 aromatic carbocycles. The number of thiazole rings is 1. The molecule has 1 aromatic heterocycles. The molecule has 0 aliphatic rings. The van der Waals surface area contributed by atoms with Crippen molar-refractivity contribution in [2.24, 2.45) is 5.73 Å². The first-order valence-corrected chi connectivity index (χ1v) is 7.06. The summed E-state index contributed by atoms with van der Waals surface area (Å²) < 4.78 is 39.3. The third kappa shape index (κ3) is 3.55. The van der Waals surface area contributed by atoms with Crippen LogP contribution >= 0.6 is 27.3 Å². The Morgan fingerprint density at radius 1 is 1.37 bits per heavy atom. The molecule has 2 aromatic rings. The highest BCUT2D eigenvalue weighted by atomic mass is 79.9. The molecular formula is C12H10BrF3N2S. The Morgan fingerprint density at radius 2 is 2.11 bits per heavy atom. The quantitative estimate of drug-likeness (QED) is 0.902. The molecule has 0 aliphatic carbocycles. The van der Waals surface area contributed by atoms with E-state index in [4.69, 9.17) is 5.73 Å². The second-order valence-electron chi connectivity index (χ2n) is 3.97. The number of alkyl halides is 3. The largest absolute Gasteiger partial charge is 0.416 e. The first kappa shape index (κ1) is 14.5. The zero-order chi connectivity index (χ0) is 14.0. The first-order chi connectivity index (χ1) is 8.88. The van der Waals surface area contributed by atoms with Gasteiger partial charge in [0.05, 0.1) is 10.6 Å². The summed E-state index contributed by atoms with van der Waals surface area (Å²) in [5.74, 6) is 0. The first-order valence-electron chi connectivity index (χ1n) is 5.38. The summed E-state index contributed by atoms with van der Waals surface area (Å²) in [6, 6.07) is 3.30. The zero-order valence-corrected chi connectivity index (χ0v) is 12.0. The molecule has 0 saturated carbocycles. The topological polar surface area (TPSA) is 38.9 Å². The number of hydrogen-bond acceptors (Lipinski definition) is 3. The SMILES string of the molecule is NC(Cc1nccs1)c1ccc(Br)cc1C(F)(F)F. The monoisotopic (exact) mass is 350 g/mol. The molecule has 0 spiro atoms. The van der Waals surface area contributed by atoms with Crippen molar-refractivity contribution < 1.29 is 13.2 Å². The van der Waals surface area contributed by atoms with E-state index >= 15 is 0 Å². The standard InChI is InChI=1S/C12H10BrF3N2S/c13-7-1-2-8(9(5-7)12(14,15)16)10(17)6-11-18-3-4-19-11/h1-5,10H,6,17H2. The second-order valence-corrected chi connectivity index (χ2v) is 5.86. The Bertz CT molecular complexity index is 555. The number of benzene rings is 1. The Kier molecular flexibility index (Phi) is 4.27. The fourth-order valence-corrected chi connectivity index (χ4v) is 2.79. The lowest BCUT2D eigenvalue weighted by atomic mass is 9.98. The maximum atomic E-state index is 13.0. The summed E-state index contributed by atoms with van der Waals surface area (Å²) >= 11 is 4.43. The molecule has 7 heteroatoms. The number of aromatic nitrogens is 1. The molecule has 0 aliphatic heterocycles. The van der Waals surface area contributed by atoms with Crippen LogP contribution in [-0.4, -0.2) is 4.98 Å². The second kappa shape index (κ2) is 5.60. The summed E-state index contributed by atoms with van der Waals surface area (Å²) in [4.78, 5) is 4.04. The van der Waals surface area contributed by atoms with Crippen LogP contribution in [0.5, 0.6) is 0 Å².